The van der Waals surface area contributed by atoms with E-state index >= 15 is 0 Å². The summed E-state index contributed by atoms with van der Waals surface area (Å²) in [5.74, 6) is 0.00533. The number of hydrogen-bond donors (Lipinski definition) is 1. The van der Waals surface area contributed by atoms with Crippen LogP contribution in [0.25, 0.3) is 0 Å². The molecule has 0 aliphatic rings. The molecule has 3 nitrogen and oxygen atoms in total. The Morgan fingerprint density at radius 2 is 1.68 bits per heavy atom. The first kappa shape index (κ1) is 16.5. The van der Waals surface area contributed by atoms with Gasteiger partial charge in [0.05, 0.1) is 10.6 Å². The monoisotopic (exact) mass is 321 g/mol. The molecule has 0 radical (unpaired) electrons. The van der Waals surface area contributed by atoms with Gasteiger partial charge in [0.2, 0.25) is 0 Å². The third-order valence-electron chi connectivity index (χ3n) is 3.36. The van der Waals surface area contributed by atoms with Crippen LogP contribution in [0.1, 0.15) is 25.8 Å². The Morgan fingerprint density at radius 1 is 1.05 bits per heavy atom. The summed E-state index contributed by atoms with van der Waals surface area (Å²) < 4.78 is 40.3. The topological polar surface area (TPSA) is 46.2 Å². The fourth-order valence-electron chi connectivity index (χ4n) is 2.04. The number of rotatable bonds is 6. The van der Waals surface area contributed by atoms with E-state index in [0.29, 0.717) is 5.92 Å². The van der Waals surface area contributed by atoms with E-state index < -0.39 is 15.8 Å². The van der Waals surface area contributed by atoms with Gasteiger partial charge in [0, 0.05) is 0 Å². The van der Waals surface area contributed by atoms with Crippen molar-refractivity contribution in [3.63, 3.8) is 0 Å². The lowest BCUT2D eigenvalue weighted by molar-refractivity contribution is 0.586. The maximum atomic E-state index is 13.5. The summed E-state index contributed by atoms with van der Waals surface area (Å²) in [6, 6.07) is 12.4. The van der Waals surface area contributed by atoms with Gasteiger partial charge in [-0.05, 0) is 48.6 Å². The second-order valence-electron chi connectivity index (χ2n) is 5.66. The van der Waals surface area contributed by atoms with E-state index in [0.717, 1.165) is 18.4 Å². The zero-order chi connectivity index (χ0) is 16.2. The molecule has 0 aliphatic heterocycles. The molecule has 0 fully saturated rings. The maximum Gasteiger partial charge on any atom is 0.261 e. The Morgan fingerprint density at radius 3 is 2.27 bits per heavy atom. The summed E-state index contributed by atoms with van der Waals surface area (Å²) in [4.78, 5) is 0.129. The highest BCUT2D eigenvalue weighted by atomic mass is 32.2. The molecule has 0 spiro atoms. The summed E-state index contributed by atoms with van der Waals surface area (Å²) in [6.45, 7) is 4.30. The van der Waals surface area contributed by atoms with Crippen molar-refractivity contribution in [3.05, 3.63) is 59.9 Å². The van der Waals surface area contributed by atoms with E-state index in [1.807, 2.05) is 0 Å². The fraction of sp³-hybridized carbons (Fsp3) is 0.294. The first-order chi connectivity index (χ1) is 10.4. The van der Waals surface area contributed by atoms with Crippen LogP contribution in [0.5, 0.6) is 0 Å². The van der Waals surface area contributed by atoms with Crippen LogP contribution >= 0.6 is 0 Å². The van der Waals surface area contributed by atoms with E-state index in [2.05, 4.69) is 18.6 Å². The van der Waals surface area contributed by atoms with Crippen LogP contribution in [0.15, 0.2) is 53.4 Å². The van der Waals surface area contributed by atoms with Gasteiger partial charge in [-0.25, -0.2) is 12.8 Å². The van der Waals surface area contributed by atoms with E-state index in [1.165, 1.54) is 18.2 Å². The predicted octanol–water partition coefficient (Wildman–Crippen LogP) is 4.22. The molecule has 0 aliphatic carbocycles. The fourth-order valence-corrected chi connectivity index (χ4v) is 3.11. The van der Waals surface area contributed by atoms with Gasteiger partial charge in [0.1, 0.15) is 5.82 Å². The highest BCUT2D eigenvalue weighted by molar-refractivity contribution is 7.92. The molecule has 5 heteroatoms. The van der Waals surface area contributed by atoms with Crippen LogP contribution in [0, 0.1) is 11.7 Å². The highest BCUT2D eigenvalue weighted by Gasteiger charge is 2.15. The van der Waals surface area contributed by atoms with Crippen molar-refractivity contribution in [1.82, 2.24) is 0 Å². The zero-order valence-electron chi connectivity index (χ0n) is 12.7. The molecule has 118 valence electrons. The highest BCUT2D eigenvalue weighted by Crippen LogP contribution is 2.19. The minimum Gasteiger partial charge on any atom is -0.277 e. The third kappa shape index (κ3) is 4.31. The van der Waals surface area contributed by atoms with Gasteiger partial charge in [-0.15, -0.1) is 0 Å². The summed E-state index contributed by atoms with van der Waals surface area (Å²) in [6.07, 6.45) is 1.97. The van der Waals surface area contributed by atoms with Crippen molar-refractivity contribution in [1.29, 1.82) is 0 Å². The molecular formula is C17H20FNO2S. The minimum atomic E-state index is -3.77. The Bertz CT molecular complexity index is 725. The number of hydrogen-bond acceptors (Lipinski definition) is 2. The van der Waals surface area contributed by atoms with Crippen LogP contribution in [-0.4, -0.2) is 8.42 Å². The lowest BCUT2D eigenvalue weighted by Crippen LogP contribution is -2.13. The quantitative estimate of drug-likeness (QED) is 0.866. The molecular weight excluding hydrogens is 301 g/mol. The van der Waals surface area contributed by atoms with Gasteiger partial charge >= 0.3 is 0 Å². The van der Waals surface area contributed by atoms with E-state index in [1.54, 1.807) is 30.3 Å². The molecule has 2 aromatic rings. The molecule has 0 saturated carbocycles. The number of anilines is 1. The molecule has 2 aromatic carbocycles. The number of nitrogens with one attached hydrogen (secondary N) is 1. The molecule has 0 heterocycles. The summed E-state index contributed by atoms with van der Waals surface area (Å²) >= 11 is 0. The molecule has 0 saturated heterocycles. The van der Waals surface area contributed by atoms with Gasteiger partial charge in [0.15, 0.2) is 0 Å². The second-order valence-corrected chi connectivity index (χ2v) is 7.34. The van der Waals surface area contributed by atoms with Crippen molar-refractivity contribution in [2.24, 2.45) is 5.92 Å². The molecule has 0 aromatic heterocycles. The summed E-state index contributed by atoms with van der Waals surface area (Å²) in [5.41, 5.74) is 1.05. The second kappa shape index (κ2) is 6.92. The number of para-hydroxylation sites is 1. The smallest absolute Gasteiger partial charge is 0.261 e. The van der Waals surface area contributed by atoms with Crippen LogP contribution in [-0.2, 0) is 16.4 Å². The lowest BCUT2D eigenvalue weighted by atomic mass is 10.0. The minimum absolute atomic E-state index is 0.0496. The molecule has 0 amide bonds. The predicted molar refractivity (Wildman–Crippen MR) is 86.8 cm³/mol. The average molecular weight is 321 g/mol. The van der Waals surface area contributed by atoms with Gasteiger partial charge < -0.3 is 0 Å². The number of benzene rings is 2. The Kier molecular flexibility index (Phi) is 5.19. The molecule has 0 unspecified atom stereocenters. The van der Waals surface area contributed by atoms with Gasteiger partial charge in [0.25, 0.3) is 10.0 Å². The summed E-state index contributed by atoms with van der Waals surface area (Å²) in [7, 11) is -3.77. The van der Waals surface area contributed by atoms with Crippen LogP contribution in [0.2, 0.25) is 0 Å². The number of sulfonamides is 1. The number of aryl methyl sites for hydroxylation is 1. The SMILES string of the molecule is CC(C)CCc1ccc(S(=O)(=O)Nc2ccccc2F)cc1. The van der Waals surface area contributed by atoms with Crippen LogP contribution < -0.4 is 4.72 Å². The first-order valence-corrected chi connectivity index (χ1v) is 8.73. The third-order valence-corrected chi connectivity index (χ3v) is 4.74. The standard InChI is InChI=1S/C17H20FNO2S/c1-13(2)7-8-14-9-11-15(12-10-14)22(20,21)19-17-6-4-3-5-16(17)18/h3-6,9-13,19H,7-8H2,1-2H3. The van der Waals surface area contributed by atoms with Gasteiger partial charge in [-0.3, -0.25) is 4.72 Å². The molecule has 1 N–H and O–H groups in total. The first-order valence-electron chi connectivity index (χ1n) is 7.25. The van der Waals surface area contributed by atoms with Crippen molar-refractivity contribution >= 4 is 15.7 Å². The van der Waals surface area contributed by atoms with Crippen LogP contribution in [0.4, 0.5) is 10.1 Å². The Hall–Kier alpha value is -1.88. The number of halogens is 1. The van der Waals surface area contributed by atoms with Crippen molar-refractivity contribution in [2.45, 2.75) is 31.6 Å². The molecule has 22 heavy (non-hydrogen) atoms. The molecule has 0 atom stereocenters. The van der Waals surface area contributed by atoms with E-state index in [9.17, 15) is 12.8 Å². The van der Waals surface area contributed by atoms with Crippen LogP contribution in [0.3, 0.4) is 0 Å². The van der Waals surface area contributed by atoms with Crippen molar-refractivity contribution in [3.8, 4) is 0 Å². The zero-order valence-corrected chi connectivity index (χ0v) is 13.5. The van der Waals surface area contributed by atoms with E-state index in [-0.39, 0.29) is 10.6 Å². The summed E-state index contributed by atoms with van der Waals surface area (Å²) in [5, 5.41) is 0. The molecule has 0 bridgehead atoms. The van der Waals surface area contributed by atoms with Crippen molar-refractivity contribution in [2.75, 3.05) is 4.72 Å². The van der Waals surface area contributed by atoms with Gasteiger partial charge in [-0.2, -0.15) is 0 Å². The van der Waals surface area contributed by atoms with E-state index in [4.69, 9.17) is 0 Å². The van der Waals surface area contributed by atoms with Crippen molar-refractivity contribution < 1.29 is 12.8 Å². The Labute approximate surface area is 131 Å². The lowest BCUT2D eigenvalue weighted by Gasteiger charge is -2.10. The van der Waals surface area contributed by atoms with Gasteiger partial charge in [-0.1, -0.05) is 38.1 Å². The normalized spacial score (nSPS) is 11.6. The Balaban J connectivity index is 2.14. The maximum absolute atomic E-state index is 13.5. The molecule has 2 rings (SSSR count). The largest absolute Gasteiger partial charge is 0.277 e. The average Bonchev–Trinajstić information content (AvgIpc) is 2.48.